The Labute approximate surface area is 163 Å². The number of carbonyl (C=O) groups excluding carboxylic acids is 1. The van der Waals surface area contributed by atoms with Crippen LogP contribution in [0.15, 0.2) is 22.6 Å². The molecule has 0 saturated carbocycles. The summed E-state index contributed by atoms with van der Waals surface area (Å²) in [6.45, 7) is 7.28. The minimum atomic E-state index is -0.230. The standard InChI is InChI=1S/C19H23Cl2N3O2/c1-11(2)17(14-4-5-15(20)16(21)10-14)19(25)24-8-6-13(7-9-24)18-23-22-12(3)26-18/h4-5,10-11,13,17H,6-9H2,1-3H3. The molecule has 140 valence electrons. The van der Waals surface area contributed by atoms with Gasteiger partial charge in [0.25, 0.3) is 0 Å². The van der Waals surface area contributed by atoms with Crippen molar-refractivity contribution in [3.8, 4) is 0 Å². The summed E-state index contributed by atoms with van der Waals surface area (Å²) in [7, 11) is 0. The van der Waals surface area contributed by atoms with Crippen LogP contribution in [-0.4, -0.2) is 34.1 Å². The van der Waals surface area contributed by atoms with Gasteiger partial charge in [0, 0.05) is 25.9 Å². The molecule has 0 spiro atoms. The maximum Gasteiger partial charge on any atom is 0.230 e. The van der Waals surface area contributed by atoms with Crippen LogP contribution in [0.4, 0.5) is 0 Å². The van der Waals surface area contributed by atoms with E-state index >= 15 is 0 Å². The van der Waals surface area contributed by atoms with Crippen molar-refractivity contribution in [2.75, 3.05) is 13.1 Å². The van der Waals surface area contributed by atoms with Crippen LogP contribution in [0.25, 0.3) is 0 Å². The minimum Gasteiger partial charge on any atom is -0.425 e. The zero-order chi connectivity index (χ0) is 18.8. The Bertz CT molecular complexity index is 783. The van der Waals surface area contributed by atoms with Crippen molar-refractivity contribution in [2.45, 2.75) is 45.4 Å². The first-order chi connectivity index (χ1) is 12.4. The summed E-state index contributed by atoms with van der Waals surface area (Å²) in [5, 5.41) is 9.00. The van der Waals surface area contributed by atoms with E-state index in [4.69, 9.17) is 27.6 Å². The summed E-state index contributed by atoms with van der Waals surface area (Å²) in [6, 6.07) is 5.46. The number of benzene rings is 1. The van der Waals surface area contributed by atoms with E-state index in [2.05, 4.69) is 24.0 Å². The molecule has 0 bridgehead atoms. The SMILES string of the molecule is Cc1nnc(C2CCN(C(=O)C(c3ccc(Cl)c(Cl)c3)C(C)C)CC2)o1. The van der Waals surface area contributed by atoms with Gasteiger partial charge in [-0.3, -0.25) is 4.79 Å². The van der Waals surface area contributed by atoms with Crippen LogP contribution in [-0.2, 0) is 4.79 Å². The number of halogens is 2. The number of nitrogens with zero attached hydrogens (tertiary/aromatic N) is 3. The molecule has 3 rings (SSSR count). The normalized spacial score (nSPS) is 16.9. The Balaban J connectivity index is 1.71. The van der Waals surface area contributed by atoms with Gasteiger partial charge in [-0.15, -0.1) is 10.2 Å². The van der Waals surface area contributed by atoms with Crippen LogP contribution >= 0.6 is 23.2 Å². The lowest BCUT2D eigenvalue weighted by Crippen LogP contribution is -2.42. The number of hydrogen-bond acceptors (Lipinski definition) is 4. The lowest BCUT2D eigenvalue weighted by molar-refractivity contribution is -0.135. The average Bonchev–Trinajstić information content (AvgIpc) is 3.04. The minimum absolute atomic E-state index is 0.138. The van der Waals surface area contributed by atoms with Gasteiger partial charge in [-0.25, -0.2) is 0 Å². The van der Waals surface area contributed by atoms with Crippen molar-refractivity contribution in [2.24, 2.45) is 5.92 Å². The fraction of sp³-hybridized carbons (Fsp3) is 0.526. The van der Waals surface area contributed by atoms with Gasteiger partial charge in [0.2, 0.25) is 17.7 Å². The smallest absolute Gasteiger partial charge is 0.230 e. The van der Waals surface area contributed by atoms with Crippen molar-refractivity contribution < 1.29 is 9.21 Å². The van der Waals surface area contributed by atoms with E-state index in [0.717, 1.165) is 18.4 Å². The van der Waals surface area contributed by atoms with Crippen LogP contribution in [0.5, 0.6) is 0 Å². The molecule has 5 nitrogen and oxygen atoms in total. The molecular weight excluding hydrogens is 373 g/mol. The Morgan fingerprint density at radius 2 is 1.88 bits per heavy atom. The van der Waals surface area contributed by atoms with E-state index in [1.807, 2.05) is 11.0 Å². The first kappa shape index (κ1) is 19.2. The first-order valence-corrected chi connectivity index (χ1v) is 9.66. The lowest BCUT2D eigenvalue weighted by Gasteiger charge is -2.34. The molecule has 1 aromatic carbocycles. The highest BCUT2D eigenvalue weighted by Crippen LogP contribution is 2.34. The Kier molecular flexibility index (Phi) is 5.88. The predicted molar refractivity (Wildman–Crippen MR) is 102 cm³/mol. The zero-order valence-electron chi connectivity index (χ0n) is 15.2. The Morgan fingerprint density at radius 1 is 1.19 bits per heavy atom. The third-order valence-corrected chi connectivity index (χ3v) is 5.67. The topological polar surface area (TPSA) is 59.2 Å². The average molecular weight is 396 g/mol. The Hall–Kier alpha value is -1.59. The van der Waals surface area contributed by atoms with E-state index in [9.17, 15) is 4.79 Å². The fourth-order valence-corrected chi connectivity index (χ4v) is 3.85. The van der Waals surface area contributed by atoms with Crippen LogP contribution in [0, 0.1) is 12.8 Å². The molecule has 1 aliphatic heterocycles. The summed E-state index contributed by atoms with van der Waals surface area (Å²) in [6.07, 6.45) is 1.67. The molecule has 1 unspecified atom stereocenters. The molecule has 26 heavy (non-hydrogen) atoms. The van der Waals surface area contributed by atoms with Gasteiger partial charge in [-0.05, 0) is 36.5 Å². The van der Waals surface area contributed by atoms with E-state index in [-0.39, 0.29) is 23.7 Å². The number of carbonyl (C=O) groups is 1. The molecule has 2 aromatic rings. The molecule has 1 saturated heterocycles. The quantitative estimate of drug-likeness (QED) is 0.743. The summed E-state index contributed by atoms with van der Waals surface area (Å²) < 4.78 is 5.55. The maximum absolute atomic E-state index is 13.2. The van der Waals surface area contributed by atoms with Crippen molar-refractivity contribution in [3.63, 3.8) is 0 Å². The van der Waals surface area contributed by atoms with Gasteiger partial charge in [0.1, 0.15) is 0 Å². The molecule has 1 fully saturated rings. The molecule has 0 radical (unpaired) electrons. The van der Waals surface area contributed by atoms with E-state index in [0.29, 0.717) is 34.9 Å². The number of likely N-dealkylation sites (tertiary alicyclic amines) is 1. The largest absolute Gasteiger partial charge is 0.425 e. The van der Waals surface area contributed by atoms with Crippen molar-refractivity contribution in [3.05, 3.63) is 45.6 Å². The molecule has 0 N–H and O–H groups in total. The van der Waals surface area contributed by atoms with E-state index in [1.54, 1.807) is 19.1 Å². The third-order valence-electron chi connectivity index (χ3n) is 4.93. The van der Waals surface area contributed by atoms with Gasteiger partial charge in [-0.2, -0.15) is 0 Å². The second-order valence-corrected chi connectivity index (χ2v) is 7.97. The van der Waals surface area contributed by atoms with Gasteiger partial charge < -0.3 is 9.32 Å². The number of piperidine rings is 1. The second kappa shape index (κ2) is 7.97. The number of aromatic nitrogens is 2. The molecule has 7 heteroatoms. The molecular formula is C19H23Cl2N3O2. The number of rotatable bonds is 4. The molecule has 1 atom stereocenters. The van der Waals surface area contributed by atoms with Gasteiger partial charge in [0.05, 0.1) is 16.0 Å². The molecule has 1 amide bonds. The van der Waals surface area contributed by atoms with Crippen molar-refractivity contribution in [1.29, 1.82) is 0 Å². The van der Waals surface area contributed by atoms with Gasteiger partial charge in [0.15, 0.2) is 0 Å². The van der Waals surface area contributed by atoms with Gasteiger partial charge >= 0.3 is 0 Å². The zero-order valence-corrected chi connectivity index (χ0v) is 16.7. The third kappa shape index (κ3) is 4.04. The second-order valence-electron chi connectivity index (χ2n) is 7.15. The van der Waals surface area contributed by atoms with Crippen LogP contribution < -0.4 is 0 Å². The summed E-state index contributed by atoms with van der Waals surface area (Å²) in [4.78, 5) is 15.1. The summed E-state index contributed by atoms with van der Waals surface area (Å²) in [5.41, 5.74) is 0.911. The molecule has 0 aliphatic carbocycles. The number of hydrogen-bond donors (Lipinski definition) is 0. The maximum atomic E-state index is 13.2. The summed E-state index contributed by atoms with van der Waals surface area (Å²) >= 11 is 12.2. The van der Waals surface area contributed by atoms with Gasteiger partial charge in [-0.1, -0.05) is 43.1 Å². The first-order valence-electron chi connectivity index (χ1n) is 8.90. The highest BCUT2D eigenvalue weighted by molar-refractivity contribution is 6.42. The molecule has 1 aromatic heterocycles. The van der Waals surface area contributed by atoms with Crippen molar-refractivity contribution >= 4 is 29.1 Å². The highest BCUT2D eigenvalue weighted by Gasteiger charge is 2.33. The predicted octanol–water partition coefficient (Wildman–Crippen LogP) is 4.83. The van der Waals surface area contributed by atoms with Crippen LogP contribution in [0.1, 0.15) is 55.9 Å². The van der Waals surface area contributed by atoms with Crippen LogP contribution in [0.2, 0.25) is 10.0 Å². The molecule has 2 heterocycles. The molecule has 1 aliphatic rings. The fourth-order valence-electron chi connectivity index (χ4n) is 3.54. The number of amides is 1. The highest BCUT2D eigenvalue weighted by atomic mass is 35.5. The monoisotopic (exact) mass is 395 g/mol. The lowest BCUT2D eigenvalue weighted by atomic mass is 9.86. The van der Waals surface area contributed by atoms with Crippen molar-refractivity contribution in [1.82, 2.24) is 15.1 Å². The number of aryl methyl sites for hydroxylation is 1. The summed E-state index contributed by atoms with van der Waals surface area (Å²) in [5.74, 6) is 1.56. The van der Waals surface area contributed by atoms with E-state index < -0.39 is 0 Å². The van der Waals surface area contributed by atoms with Crippen LogP contribution in [0.3, 0.4) is 0 Å². The van der Waals surface area contributed by atoms with E-state index in [1.165, 1.54) is 0 Å². The Morgan fingerprint density at radius 3 is 2.42 bits per heavy atom.